The van der Waals surface area contributed by atoms with Crippen molar-refractivity contribution in [1.82, 2.24) is 4.90 Å². The maximum Gasteiger partial charge on any atom is 0.319 e. The molecule has 1 aliphatic heterocycles. The number of halogens is 1. The van der Waals surface area contributed by atoms with Crippen LogP contribution in [0.5, 0.6) is 0 Å². The molecule has 1 heterocycles. The van der Waals surface area contributed by atoms with Gasteiger partial charge in [-0.05, 0) is 47.0 Å². The fourth-order valence-electron chi connectivity index (χ4n) is 4.08. The fraction of sp³-hybridized carbons (Fsp3) is 0.240. The lowest BCUT2D eigenvalue weighted by atomic mass is 9.91. The first-order chi connectivity index (χ1) is 15.0. The average Bonchev–Trinajstić information content (AvgIpc) is 2.79. The first-order valence-electron chi connectivity index (χ1n) is 10.2. The number of ether oxygens (including phenoxy) is 1. The second-order valence-corrected chi connectivity index (χ2v) is 8.74. The third-order valence-electron chi connectivity index (χ3n) is 5.64. The number of hydrogen-bond acceptors (Lipinski definition) is 5. The van der Waals surface area contributed by atoms with Crippen molar-refractivity contribution >= 4 is 33.3 Å². The maximum absolute atomic E-state index is 12.4. The Bertz CT molecular complexity index is 1050. The number of methoxy groups -OCH3 is 1. The summed E-state index contributed by atoms with van der Waals surface area (Å²) < 4.78 is 6.06. The van der Waals surface area contributed by atoms with Crippen LogP contribution in [-0.4, -0.2) is 38.6 Å². The highest BCUT2D eigenvalue weighted by molar-refractivity contribution is 9.10. The minimum Gasteiger partial charge on any atom is -0.468 e. The Morgan fingerprint density at radius 3 is 2.39 bits per heavy atom. The second kappa shape index (κ2) is 9.12. The Hall–Kier alpha value is -2.83. The van der Waals surface area contributed by atoms with Gasteiger partial charge in [-0.15, -0.1) is 0 Å². The molecule has 0 bridgehead atoms. The van der Waals surface area contributed by atoms with E-state index in [1.54, 1.807) is 0 Å². The molecule has 0 saturated heterocycles. The molecule has 1 aliphatic rings. The van der Waals surface area contributed by atoms with E-state index < -0.39 is 0 Å². The van der Waals surface area contributed by atoms with Crippen LogP contribution in [0.3, 0.4) is 0 Å². The van der Waals surface area contributed by atoms with Gasteiger partial charge in [0.1, 0.15) is 6.17 Å². The zero-order valence-electron chi connectivity index (χ0n) is 17.9. The van der Waals surface area contributed by atoms with E-state index in [0.29, 0.717) is 0 Å². The molecular weight excluding hydrogens is 454 g/mol. The molecule has 0 aliphatic carbocycles. The molecule has 0 saturated carbocycles. The summed E-state index contributed by atoms with van der Waals surface area (Å²) in [6, 6.07) is 24.9. The van der Waals surface area contributed by atoms with Crippen molar-refractivity contribution in [2.45, 2.75) is 12.2 Å². The average molecular weight is 480 g/mol. The van der Waals surface area contributed by atoms with Gasteiger partial charge in [-0.3, -0.25) is 9.69 Å². The van der Waals surface area contributed by atoms with E-state index in [2.05, 4.69) is 79.6 Å². The van der Waals surface area contributed by atoms with E-state index in [4.69, 9.17) is 4.74 Å². The van der Waals surface area contributed by atoms with Crippen LogP contribution in [-0.2, 0) is 9.53 Å². The Kier molecular flexibility index (Phi) is 6.30. The molecule has 3 aromatic rings. The standard InChI is InChI=1S/C25H26BrN3O2/c1-28(2)20-12-9-18(10-13-20)25-27-22-14-11-19(26)15-21(22)24(17-7-5-4-6-8-17)29(25)16-23(30)31-3/h4-15,24-25,27H,16H2,1-3H3/t24-,25+/m1/s1. The van der Waals surface area contributed by atoms with Crippen molar-refractivity contribution in [3.8, 4) is 0 Å². The summed E-state index contributed by atoms with van der Waals surface area (Å²) in [5.74, 6) is -0.268. The maximum atomic E-state index is 12.4. The monoisotopic (exact) mass is 479 g/mol. The zero-order chi connectivity index (χ0) is 22.0. The molecular formula is C25H26BrN3O2. The van der Waals surface area contributed by atoms with Crippen molar-refractivity contribution < 1.29 is 9.53 Å². The zero-order valence-corrected chi connectivity index (χ0v) is 19.5. The third-order valence-corrected chi connectivity index (χ3v) is 6.14. The van der Waals surface area contributed by atoms with Gasteiger partial charge in [0.2, 0.25) is 0 Å². The van der Waals surface area contributed by atoms with E-state index in [1.165, 1.54) is 7.11 Å². The summed E-state index contributed by atoms with van der Waals surface area (Å²) >= 11 is 3.61. The SMILES string of the molecule is COC(=O)CN1[C@H](c2ccccc2)c2cc(Br)ccc2N[C@@H]1c1ccc(N(C)C)cc1. The second-order valence-electron chi connectivity index (χ2n) is 7.83. The Balaban J connectivity index is 1.85. The Morgan fingerprint density at radius 1 is 1.03 bits per heavy atom. The molecule has 0 fully saturated rings. The van der Waals surface area contributed by atoms with Gasteiger partial charge in [0.25, 0.3) is 0 Å². The molecule has 0 unspecified atom stereocenters. The molecule has 3 aromatic carbocycles. The molecule has 31 heavy (non-hydrogen) atoms. The van der Waals surface area contributed by atoms with Crippen molar-refractivity contribution in [3.05, 3.63) is 94.0 Å². The van der Waals surface area contributed by atoms with Gasteiger partial charge in [-0.25, -0.2) is 0 Å². The minimum absolute atomic E-state index is 0.104. The van der Waals surface area contributed by atoms with E-state index in [1.807, 2.05) is 38.4 Å². The van der Waals surface area contributed by atoms with Gasteiger partial charge in [0, 0.05) is 29.9 Å². The molecule has 0 radical (unpaired) electrons. The van der Waals surface area contributed by atoms with Crippen molar-refractivity contribution in [2.75, 3.05) is 38.0 Å². The smallest absolute Gasteiger partial charge is 0.319 e. The van der Waals surface area contributed by atoms with Gasteiger partial charge in [-0.1, -0.05) is 58.4 Å². The van der Waals surface area contributed by atoms with Crippen LogP contribution in [0.15, 0.2) is 77.3 Å². The summed E-state index contributed by atoms with van der Waals surface area (Å²) in [5.41, 5.74) is 5.51. The molecule has 5 nitrogen and oxygen atoms in total. The van der Waals surface area contributed by atoms with Crippen LogP contribution >= 0.6 is 15.9 Å². The van der Waals surface area contributed by atoms with Crippen LogP contribution in [0.2, 0.25) is 0 Å². The predicted molar refractivity (Wildman–Crippen MR) is 128 cm³/mol. The van der Waals surface area contributed by atoms with Crippen LogP contribution in [0, 0.1) is 0 Å². The van der Waals surface area contributed by atoms with Gasteiger partial charge < -0.3 is 15.0 Å². The van der Waals surface area contributed by atoms with E-state index in [0.717, 1.165) is 32.5 Å². The number of esters is 1. The molecule has 4 rings (SSSR count). The lowest BCUT2D eigenvalue weighted by Crippen LogP contribution is -2.44. The largest absolute Gasteiger partial charge is 0.468 e. The first-order valence-corrected chi connectivity index (χ1v) is 11.0. The number of carbonyl (C=O) groups excluding carboxylic acids is 1. The predicted octanol–water partition coefficient (Wildman–Crippen LogP) is 5.20. The van der Waals surface area contributed by atoms with Gasteiger partial charge in [0.05, 0.1) is 19.7 Å². The van der Waals surface area contributed by atoms with Gasteiger partial charge in [0.15, 0.2) is 0 Å². The summed E-state index contributed by atoms with van der Waals surface area (Å²) in [6.45, 7) is 0.162. The molecule has 0 amide bonds. The molecule has 6 heteroatoms. The molecule has 0 spiro atoms. The van der Waals surface area contributed by atoms with E-state index in [-0.39, 0.29) is 24.7 Å². The van der Waals surface area contributed by atoms with Crippen LogP contribution < -0.4 is 10.2 Å². The minimum atomic E-state index is -0.268. The fourth-order valence-corrected chi connectivity index (χ4v) is 4.46. The third kappa shape index (κ3) is 4.45. The number of benzene rings is 3. The van der Waals surface area contributed by atoms with Crippen molar-refractivity contribution in [2.24, 2.45) is 0 Å². The van der Waals surface area contributed by atoms with Crippen LogP contribution in [0.1, 0.15) is 28.9 Å². The quantitative estimate of drug-likeness (QED) is 0.509. The number of fused-ring (bicyclic) bond motifs is 1. The summed E-state index contributed by atoms with van der Waals surface area (Å²) in [6.07, 6.45) is -0.186. The number of anilines is 2. The number of rotatable bonds is 5. The topological polar surface area (TPSA) is 44.8 Å². The van der Waals surface area contributed by atoms with Crippen LogP contribution in [0.25, 0.3) is 0 Å². The molecule has 0 aromatic heterocycles. The number of nitrogens with zero attached hydrogens (tertiary/aromatic N) is 2. The van der Waals surface area contributed by atoms with Crippen molar-refractivity contribution in [1.29, 1.82) is 0 Å². The molecule has 160 valence electrons. The van der Waals surface area contributed by atoms with Crippen LogP contribution in [0.4, 0.5) is 11.4 Å². The van der Waals surface area contributed by atoms with Crippen molar-refractivity contribution in [3.63, 3.8) is 0 Å². The number of carbonyl (C=O) groups is 1. The summed E-state index contributed by atoms with van der Waals surface area (Å²) in [5, 5.41) is 3.65. The Morgan fingerprint density at radius 2 is 1.74 bits per heavy atom. The normalized spacial score (nSPS) is 18.1. The highest BCUT2D eigenvalue weighted by atomic mass is 79.9. The molecule has 1 N–H and O–H groups in total. The van der Waals surface area contributed by atoms with E-state index in [9.17, 15) is 4.79 Å². The highest BCUT2D eigenvalue weighted by Crippen LogP contribution is 2.44. The summed E-state index contributed by atoms with van der Waals surface area (Å²) in [4.78, 5) is 16.7. The number of nitrogens with one attached hydrogen (secondary N) is 1. The highest BCUT2D eigenvalue weighted by Gasteiger charge is 2.37. The lowest BCUT2D eigenvalue weighted by Gasteiger charge is -2.44. The van der Waals surface area contributed by atoms with Gasteiger partial charge >= 0.3 is 5.97 Å². The number of hydrogen-bond donors (Lipinski definition) is 1. The van der Waals surface area contributed by atoms with Gasteiger partial charge in [-0.2, -0.15) is 0 Å². The molecule has 2 atom stereocenters. The lowest BCUT2D eigenvalue weighted by molar-refractivity contribution is -0.143. The summed E-state index contributed by atoms with van der Waals surface area (Å²) in [7, 11) is 5.48. The van der Waals surface area contributed by atoms with E-state index >= 15 is 0 Å². The Labute approximate surface area is 191 Å². The first kappa shape index (κ1) is 21.4.